The first-order chi connectivity index (χ1) is 25.7. The second kappa shape index (κ2) is 11.5. The number of hydrogen-bond donors (Lipinski definition) is 1. The molecule has 4 nitrogen and oxygen atoms in total. The summed E-state index contributed by atoms with van der Waals surface area (Å²) in [4.78, 5) is 10.7. The van der Waals surface area contributed by atoms with Crippen LogP contribution < -0.4 is 5.32 Å². The van der Waals surface area contributed by atoms with Gasteiger partial charge in [0.1, 0.15) is 23.2 Å². The fraction of sp³-hybridized carbons (Fsp3) is 0.0213. The van der Waals surface area contributed by atoms with E-state index < -0.39 is 0 Å². The van der Waals surface area contributed by atoms with Gasteiger partial charge in [0, 0.05) is 42.1 Å². The molecule has 244 valence electrons. The van der Waals surface area contributed by atoms with Crippen LogP contribution in [-0.4, -0.2) is 11.7 Å². The Hall–Kier alpha value is -6.56. The number of benzene rings is 8. The number of thiophene rings is 1. The largest absolute Gasteiger partial charge is 0.456 e. The second-order valence-electron chi connectivity index (χ2n) is 13.4. The Kier molecular flexibility index (Phi) is 6.45. The van der Waals surface area contributed by atoms with Crippen LogP contribution in [0.25, 0.3) is 74.8 Å². The highest BCUT2D eigenvalue weighted by Crippen LogP contribution is 2.41. The Morgan fingerprint density at radius 2 is 1.25 bits per heavy atom. The van der Waals surface area contributed by atoms with Gasteiger partial charge in [0.15, 0.2) is 5.84 Å². The van der Waals surface area contributed by atoms with Crippen molar-refractivity contribution in [2.75, 3.05) is 0 Å². The zero-order chi connectivity index (χ0) is 34.2. The monoisotopic (exact) mass is 683 g/mol. The molecule has 1 aliphatic rings. The van der Waals surface area contributed by atoms with E-state index in [1.165, 1.54) is 36.3 Å². The lowest BCUT2D eigenvalue weighted by Crippen LogP contribution is -2.34. The quantitative estimate of drug-likeness (QED) is 0.188. The molecule has 0 aliphatic carbocycles. The summed E-state index contributed by atoms with van der Waals surface area (Å²) in [5, 5.41) is 13.3. The summed E-state index contributed by atoms with van der Waals surface area (Å²) in [5.74, 6) is 1.45. The lowest BCUT2D eigenvalue weighted by Gasteiger charge is -2.25. The molecule has 2 aromatic heterocycles. The standard InChI is InChI=1S/C47H29N3OS/c1-2-11-29(12-3-1)45-48-46(32-20-22-34-30(26-32)19-18-28-10-4-5-13-33(28)34)50-47(49-45)44-35(23-24-40-43(44)37-15-6-8-16-39(37)51-40)31-21-25-42-38(27-31)36-14-7-9-17-41(36)52-42/h1-27,45H,(H,48,49,50). The van der Waals surface area contributed by atoms with Gasteiger partial charge in [-0.3, -0.25) is 0 Å². The van der Waals surface area contributed by atoms with Gasteiger partial charge < -0.3 is 9.73 Å². The topological polar surface area (TPSA) is 49.9 Å². The highest BCUT2D eigenvalue weighted by atomic mass is 32.1. The summed E-state index contributed by atoms with van der Waals surface area (Å²) >= 11 is 1.83. The minimum Gasteiger partial charge on any atom is -0.456 e. The van der Waals surface area contributed by atoms with Crippen LogP contribution in [0, 0.1) is 0 Å². The van der Waals surface area contributed by atoms with E-state index in [1.54, 1.807) is 0 Å². The number of nitrogens with one attached hydrogen (secondary N) is 1. The van der Waals surface area contributed by atoms with Crippen molar-refractivity contribution in [2.24, 2.45) is 9.98 Å². The number of nitrogens with zero attached hydrogens (tertiary/aromatic N) is 2. The summed E-state index contributed by atoms with van der Waals surface area (Å²) in [6.45, 7) is 0. The summed E-state index contributed by atoms with van der Waals surface area (Å²) in [6.07, 6.45) is -0.347. The normalized spacial score (nSPS) is 14.7. The van der Waals surface area contributed by atoms with E-state index in [-0.39, 0.29) is 6.17 Å². The van der Waals surface area contributed by atoms with Gasteiger partial charge >= 0.3 is 0 Å². The molecular weight excluding hydrogens is 655 g/mol. The smallest absolute Gasteiger partial charge is 0.159 e. The van der Waals surface area contributed by atoms with Crippen LogP contribution in [-0.2, 0) is 0 Å². The first kappa shape index (κ1) is 29.2. The predicted octanol–water partition coefficient (Wildman–Crippen LogP) is 12.4. The van der Waals surface area contributed by atoms with Gasteiger partial charge in [-0.1, -0.05) is 121 Å². The van der Waals surface area contributed by atoms with Crippen molar-refractivity contribution in [3.8, 4) is 11.1 Å². The number of furan rings is 1. The zero-order valence-electron chi connectivity index (χ0n) is 27.9. The van der Waals surface area contributed by atoms with Crippen molar-refractivity contribution in [1.29, 1.82) is 0 Å². The van der Waals surface area contributed by atoms with Crippen molar-refractivity contribution in [2.45, 2.75) is 6.17 Å². The predicted molar refractivity (Wildman–Crippen MR) is 219 cm³/mol. The zero-order valence-corrected chi connectivity index (χ0v) is 28.7. The van der Waals surface area contributed by atoms with Crippen molar-refractivity contribution in [3.05, 3.63) is 180 Å². The molecule has 0 radical (unpaired) electrons. The highest BCUT2D eigenvalue weighted by molar-refractivity contribution is 7.25. The molecule has 3 heterocycles. The van der Waals surface area contributed by atoms with E-state index in [9.17, 15) is 0 Å². The number of hydrogen-bond acceptors (Lipinski definition) is 5. The third-order valence-electron chi connectivity index (χ3n) is 10.3. The molecule has 0 bridgehead atoms. The van der Waals surface area contributed by atoms with E-state index in [0.29, 0.717) is 5.84 Å². The van der Waals surface area contributed by atoms with Crippen LogP contribution in [0.1, 0.15) is 22.9 Å². The molecule has 52 heavy (non-hydrogen) atoms. The van der Waals surface area contributed by atoms with Gasteiger partial charge in [-0.05, 0) is 80.7 Å². The minimum atomic E-state index is -0.347. The van der Waals surface area contributed by atoms with Crippen LogP contribution in [0.3, 0.4) is 0 Å². The molecule has 10 aromatic rings. The number of rotatable bonds is 4. The minimum absolute atomic E-state index is 0.347. The molecule has 0 spiro atoms. The Morgan fingerprint density at radius 1 is 0.519 bits per heavy atom. The number of fused-ring (bicyclic) bond motifs is 9. The van der Waals surface area contributed by atoms with Crippen LogP contribution in [0.4, 0.5) is 0 Å². The number of para-hydroxylation sites is 1. The first-order valence-corrected chi connectivity index (χ1v) is 18.3. The second-order valence-corrected chi connectivity index (χ2v) is 14.4. The molecule has 1 N–H and O–H groups in total. The Labute approximate surface area is 303 Å². The van der Waals surface area contributed by atoms with Gasteiger partial charge in [0.05, 0.1) is 0 Å². The molecule has 0 saturated carbocycles. The first-order valence-electron chi connectivity index (χ1n) is 17.5. The van der Waals surface area contributed by atoms with E-state index in [0.717, 1.165) is 61.0 Å². The summed E-state index contributed by atoms with van der Waals surface area (Å²) < 4.78 is 9.05. The summed E-state index contributed by atoms with van der Waals surface area (Å²) in [6, 6.07) is 58.0. The van der Waals surface area contributed by atoms with Gasteiger partial charge in [0.25, 0.3) is 0 Å². The van der Waals surface area contributed by atoms with Crippen molar-refractivity contribution in [1.82, 2.24) is 5.32 Å². The van der Waals surface area contributed by atoms with Gasteiger partial charge in [-0.2, -0.15) is 0 Å². The van der Waals surface area contributed by atoms with Crippen LogP contribution >= 0.6 is 11.3 Å². The van der Waals surface area contributed by atoms with Crippen LogP contribution in [0.5, 0.6) is 0 Å². The maximum absolute atomic E-state index is 6.49. The summed E-state index contributed by atoms with van der Waals surface area (Å²) in [5.41, 5.74) is 6.92. The Morgan fingerprint density at radius 3 is 2.17 bits per heavy atom. The van der Waals surface area contributed by atoms with Gasteiger partial charge in [-0.25, -0.2) is 9.98 Å². The average molecular weight is 684 g/mol. The fourth-order valence-corrected chi connectivity index (χ4v) is 8.95. The maximum Gasteiger partial charge on any atom is 0.159 e. The van der Waals surface area contributed by atoms with Crippen LogP contribution in [0.2, 0.25) is 0 Å². The molecule has 1 unspecified atom stereocenters. The van der Waals surface area contributed by atoms with E-state index in [4.69, 9.17) is 14.4 Å². The fourth-order valence-electron chi connectivity index (χ4n) is 7.86. The molecule has 1 aliphatic heterocycles. The lowest BCUT2D eigenvalue weighted by molar-refractivity contribution is 0.668. The average Bonchev–Trinajstić information content (AvgIpc) is 3.78. The van der Waals surface area contributed by atoms with E-state index >= 15 is 0 Å². The molecule has 11 rings (SSSR count). The van der Waals surface area contributed by atoms with Gasteiger partial charge in [0.2, 0.25) is 0 Å². The summed E-state index contributed by atoms with van der Waals surface area (Å²) in [7, 11) is 0. The van der Waals surface area contributed by atoms with Crippen molar-refractivity contribution < 1.29 is 4.42 Å². The molecule has 0 amide bonds. The van der Waals surface area contributed by atoms with Gasteiger partial charge in [-0.15, -0.1) is 11.3 Å². The van der Waals surface area contributed by atoms with Crippen molar-refractivity contribution in [3.63, 3.8) is 0 Å². The van der Waals surface area contributed by atoms with Crippen molar-refractivity contribution >= 4 is 86.7 Å². The number of amidine groups is 2. The number of aliphatic imine (C=N–C) groups is 2. The third-order valence-corrected chi connectivity index (χ3v) is 11.5. The van der Waals surface area contributed by atoms with E-state index in [2.05, 4.69) is 151 Å². The van der Waals surface area contributed by atoms with Crippen LogP contribution in [0.15, 0.2) is 178 Å². The molecule has 0 saturated heterocycles. The van der Waals surface area contributed by atoms with E-state index in [1.807, 2.05) is 29.5 Å². The molecule has 1 atom stereocenters. The SMILES string of the molecule is c1ccc(C2N=C(c3ccc4c(ccc5ccccc54)c3)N=C(c3c(-c4ccc5sc6ccccc6c5c4)ccc4oc5ccccc5c34)N2)cc1. The molecule has 5 heteroatoms. The molecule has 0 fully saturated rings. The maximum atomic E-state index is 6.49. The Balaban J connectivity index is 1.17. The molecular formula is C47H29N3OS. The third kappa shape index (κ3) is 4.60. The highest BCUT2D eigenvalue weighted by Gasteiger charge is 2.27. The molecule has 8 aromatic carbocycles. The Bertz CT molecular complexity index is 3120. The lowest BCUT2D eigenvalue weighted by atomic mass is 9.93.